The fraction of sp³-hybridized carbons (Fsp3) is 0.345. The first-order valence-corrected chi connectivity index (χ1v) is 14.5. The van der Waals surface area contributed by atoms with Crippen molar-refractivity contribution in [2.75, 3.05) is 26.5 Å². The van der Waals surface area contributed by atoms with Crippen molar-refractivity contribution >= 4 is 39.2 Å². The number of hydrogen-bond donors (Lipinski definition) is 1. The Kier molecular flexibility index (Phi) is 8.04. The number of para-hydroxylation sites is 1. The molecule has 7 nitrogen and oxygen atoms in total. The Hall–Kier alpha value is -3.30. The average Bonchev–Trinajstić information content (AvgIpc) is 3.29. The fourth-order valence-electron chi connectivity index (χ4n) is 4.84. The highest BCUT2D eigenvalue weighted by Gasteiger charge is 2.25. The van der Waals surface area contributed by atoms with Gasteiger partial charge in [0.15, 0.2) is 16.7 Å². The van der Waals surface area contributed by atoms with E-state index >= 15 is 0 Å². The number of ether oxygens (including phenoxy) is 2. The molecular weight excluding hydrogens is 518 g/mol. The van der Waals surface area contributed by atoms with E-state index in [1.165, 1.54) is 16.6 Å². The molecule has 0 fully saturated rings. The molecule has 0 saturated heterocycles. The van der Waals surface area contributed by atoms with Gasteiger partial charge in [-0.05, 0) is 67.0 Å². The molecule has 198 valence electrons. The van der Waals surface area contributed by atoms with Gasteiger partial charge in [-0.2, -0.15) is 0 Å². The zero-order chi connectivity index (χ0) is 26.6. The number of thiophene rings is 1. The minimum absolute atomic E-state index is 0.0513. The molecule has 2 aromatic carbocycles. The van der Waals surface area contributed by atoms with E-state index in [1.54, 1.807) is 30.1 Å². The lowest BCUT2D eigenvalue weighted by molar-refractivity contribution is -0.118. The molecular formula is C29H31N3O4S2. The smallest absolute Gasteiger partial charge is 0.267 e. The standard InChI is InChI=1S/C29H31N3O4S2/c1-18-9-11-21-24(15-18)38-27-26(21)28(34)32(20-7-5-4-6-8-20)29(31-27)37-17-25(33)30-14-13-19-10-12-22(35-2)23(16-19)36-3/h4-8,10,12,16,18H,9,11,13-15,17H2,1-3H3,(H,30,33). The number of carbonyl (C=O) groups excluding carboxylic acids is 1. The van der Waals surface area contributed by atoms with Gasteiger partial charge in [-0.15, -0.1) is 11.3 Å². The van der Waals surface area contributed by atoms with Gasteiger partial charge < -0.3 is 14.8 Å². The Balaban J connectivity index is 1.33. The second kappa shape index (κ2) is 11.6. The Morgan fingerprint density at radius 1 is 1.16 bits per heavy atom. The quantitative estimate of drug-likeness (QED) is 0.233. The summed E-state index contributed by atoms with van der Waals surface area (Å²) in [5.74, 6) is 2.01. The summed E-state index contributed by atoms with van der Waals surface area (Å²) in [7, 11) is 3.21. The summed E-state index contributed by atoms with van der Waals surface area (Å²) in [6, 6.07) is 15.3. The Morgan fingerprint density at radius 2 is 1.95 bits per heavy atom. The molecule has 2 heterocycles. The summed E-state index contributed by atoms with van der Waals surface area (Å²) in [4.78, 5) is 33.5. The summed E-state index contributed by atoms with van der Waals surface area (Å²) >= 11 is 2.92. The number of fused-ring (bicyclic) bond motifs is 3. The largest absolute Gasteiger partial charge is 0.493 e. The monoisotopic (exact) mass is 549 g/mol. The molecule has 0 radical (unpaired) electrons. The number of carbonyl (C=O) groups is 1. The van der Waals surface area contributed by atoms with E-state index in [4.69, 9.17) is 14.5 Å². The third-order valence-electron chi connectivity index (χ3n) is 6.83. The van der Waals surface area contributed by atoms with Gasteiger partial charge in [-0.1, -0.05) is 43.0 Å². The van der Waals surface area contributed by atoms with Crippen molar-refractivity contribution in [3.63, 3.8) is 0 Å². The molecule has 4 aromatic rings. The van der Waals surface area contributed by atoms with Gasteiger partial charge in [0.25, 0.3) is 5.56 Å². The number of nitrogens with zero attached hydrogens (tertiary/aromatic N) is 2. The van der Waals surface area contributed by atoms with Crippen LogP contribution in [0.25, 0.3) is 15.9 Å². The number of hydrogen-bond acceptors (Lipinski definition) is 7. The van der Waals surface area contributed by atoms with Gasteiger partial charge in [-0.3, -0.25) is 14.2 Å². The van der Waals surface area contributed by atoms with Crippen LogP contribution < -0.4 is 20.3 Å². The number of methoxy groups -OCH3 is 2. The summed E-state index contributed by atoms with van der Waals surface area (Å²) in [6.45, 7) is 2.75. The van der Waals surface area contributed by atoms with E-state index in [9.17, 15) is 9.59 Å². The molecule has 1 N–H and O–H groups in total. The summed E-state index contributed by atoms with van der Waals surface area (Å²) in [5.41, 5.74) is 2.91. The van der Waals surface area contributed by atoms with Crippen molar-refractivity contribution in [1.29, 1.82) is 0 Å². The average molecular weight is 550 g/mol. The molecule has 1 amide bonds. The number of aromatic nitrogens is 2. The third-order valence-corrected chi connectivity index (χ3v) is 8.92. The zero-order valence-corrected chi connectivity index (χ0v) is 23.4. The normalized spacial score (nSPS) is 14.8. The van der Waals surface area contributed by atoms with Gasteiger partial charge in [0, 0.05) is 11.4 Å². The van der Waals surface area contributed by atoms with Gasteiger partial charge in [0.1, 0.15) is 4.83 Å². The van der Waals surface area contributed by atoms with Crippen LogP contribution in [0, 0.1) is 5.92 Å². The lowest BCUT2D eigenvalue weighted by Crippen LogP contribution is -2.28. The van der Waals surface area contributed by atoms with Gasteiger partial charge >= 0.3 is 0 Å². The fourth-order valence-corrected chi connectivity index (χ4v) is 7.10. The topological polar surface area (TPSA) is 82.5 Å². The summed E-state index contributed by atoms with van der Waals surface area (Å²) in [6.07, 6.45) is 3.65. The number of amides is 1. The van der Waals surface area contributed by atoms with E-state index in [0.717, 1.165) is 46.3 Å². The molecule has 1 aliphatic carbocycles. The molecule has 38 heavy (non-hydrogen) atoms. The van der Waals surface area contributed by atoms with Crippen LogP contribution in [0.4, 0.5) is 0 Å². The Bertz CT molecular complexity index is 1510. The van der Waals surface area contributed by atoms with Crippen molar-refractivity contribution in [2.45, 2.75) is 37.8 Å². The van der Waals surface area contributed by atoms with Crippen molar-refractivity contribution in [3.05, 3.63) is 74.9 Å². The first-order chi connectivity index (χ1) is 18.5. The SMILES string of the molecule is COc1ccc(CCNC(=O)CSc2nc3sc4c(c3c(=O)n2-c2ccccc2)CCC(C)C4)cc1OC. The maximum Gasteiger partial charge on any atom is 0.267 e. The zero-order valence-electron chi connectivity index (χ0n) is 21.8. The second-order valence-electron chi connectivity index (χ2n) is 9.48. The molecule has 0 spiro atoms. The van der Waals surface area contributed by atoms with Gasteiger partial charge in [0.2, 0.25) is 5.91 Å². The molecule has 0 saturated carbocycles. The molecule has 0 aliphatic heterocycles. The third kappa shape index (κ3) is 5.44. The van der Waals surface area contributed by atoms with Crippen LogP contribution >= 0.6 is 23.1 Å². The molecule has 1 aliphatic rings. The first kappa shape index (κ1) is 26.3. The van der Waals surface area contributed by atoms with E-state index in [0.29, 0.717) is 35.5 Å². The molecule has 2 aromatic heterocycles. The molecule has 5 rings (SSSR count). The van der Waals surface area contributed by atoms with Crippen LogP contribution in [0.1, 0.15) is 29.3 Å². The van der Waals surface area contributed by atoms with E-state index < -0.39 is 0 Å². The van der Waals surface area contributed by atoms with Gasteiger partial charge in [0.05, 0.1) is 31.0 Å². The van der Waals surface area contributed by atoms with Crippen LogP contribution in [0.5, 0.6) is 11.5 Å². The highest BCUT2D eigenvalue weighted by atomic mass is 32.2. The van der Waals surface area contributed by atoms with Crippen LogP contribution in [-0.2, 0) is 24.1 Å². The van der Waals surface area contributed by atoms with Crippen LogP contribution in [0.2, 0.25) is 0 Å². The maximum absolute atomic E-state index is 13.8. The minimum atomic E-state index is -0.108. The predicted molar refractivity (Wildman–Crippen MR) is 153 cm³/mol. The second-order valence-corrected chi connectivity index (χ2v) is 11.5. The maximum atomic E-state index is 13.8. The van der Waals surface area contributed by atoms with E-state index in [1.807, 2.05) is 48.5 Å². The summed E-state index contributed by atoms with van der Waals surface area (Å²) in [5, 5.41) is 4.26. The van der Waals surface area contributed by atoms with E-state index in [-0.39, 0.29) is 17.2 Å². The Labute approximate surface area is 230 Å². The number of benzene rings is 2. The number of thioether (sulfide) groups is 1. The van der Waals surface area contributed by atoms with Crippen molar-refractivity contribution in [1.82, 2.24) is 14.9 Å². The highest BCUT2D eigenvalue weighted by molar-refractivity contribution is 7.99. The van der Waals surface area contributed by atoms with Crippen molar-refractivity contribution in [2.24, 2.45) is 5.92 Å². The molecule has 9 heteroatoms. The van der Waals surface area contributed by atoms with Crippen LogP contribution in [0.3, 0.4) is 0 Å². The summed E-state index contributed by atoms with van der Waals surface area (Å²) < 4.78 is 12.3. The lowest BCUT2D eigenvalue weighted by atomic mass is 9.89. The first-order valence-electron chi connectivity index (χ1n) is 12.7. The molecule has 1 atom stereocenters. The Morgan fingerprint density at radius 3 is 2.71 bits per heavy atom. The molecule has 0 bridgehead atoms. The van der Waals surface area contributed by atoms with Crippen LogP contribution in [-0.4, -0.2) is 42.0 Å². The lowest BCUT2D eigenvalue weighted by Gasteiger charge is -2.17. The molecule has 1 unspecified atom stereocenters. The highest BCUT2D eigenvalue weighted by Crippen LogP contribution is 2.37. The van der Waals surface area contributed by atoms with Crippen molar-refractivity contribution < 1.29 is 14.3 Å². The van der Waals surface area contributed by atoms with E-state index in [2.05, 4.69) is 12.2 Å². The minimum Gasteiger partial charge on any atom is -0.493 e. The van der Waals surface area contributed by atoms with Crippen LogP contribution in [0.15, 0.2) is 58.5 Å². The number of aryl methyl sites for hydroxylation is 1. The predicted octanol–water partition coefficient (Wildman–Crippen LogP) is 5.04. The van der Waals surface area contributed by atoms with Gasteiger partial charge in [-0.25, -0.2) is 4.98 Å². The number of rotatable bonds is 9. The van der Waals surface area contributed by atoms with Crippen molar-refractivity contribution in [3.8, 4) is 17.2 Å². The number of nitrogens with one attached hydrogen (secondary N) is 1.